The molecule has 2 heterocycles. The maximum Gasteiger partial charge on any atom is 0.414 e. The Hall–Kier alpha value is -3.99. The van der Waals surface area contributed by atoms with Crippen molar-refractivity contribution < 1.29 is 43.8 Å². The normalized spacial score (nSPS) is 17.2. The van der Waals surface area contributed by atoms with E-state index < -0.39 is 48.5 Å². The van der Waals surface area contributed by atoms with Crippen LogP contribution in [0.3, 0.4) is 0 Å². The van der Waals surface area contributed by atoms with Gasteiger partial charge in [-0.2, -0.15) is 4.57 Å². The molecule has 186 valence electrons. The van der Waals surface area contributed by atoms with Crippen LogP contribution in [0.25, 0.3) is 0 Å². The predicted octanol–water partition coefficient (Wildman–Crippen LogP) is 0.966. The number of carbonyl (C=O) groups is 4. The molecular weight excluding hydrogens is 458 g/mol. The van der Waals surface area contributed by atoms with Gasteiger partial charge in [-0.15, -0.1) is 0 Å². The lowest BCUT2D eigenvalue weighted by Crippen LogP contribution is -2.50. The molecule has 1 saturated heterocycles. The van der Waals surface area contributed by atoms with Gasteiger partial charge in [0.1, 0.15) is 11.5 Å². The third-order valence-electron chi connectivity index (χ3n) is 5.84. The molecule has 1 fully saturated rings. The largest absolute Gasteiger partial charge is 0.481 e. The van der Waals surface area contributed by atoms with E-state index in [9.17, 15) is 24.3 Å². The maximum absolute atomic E-state index is 12.9. The molecule has 1 aromatic heterocycles. The monoisotopic (exact) mass is 486 g/mol. The number of hydrogen-bond acceptors (Lipinski definition) is 6. The van der Waals surface area contributed by atoms with E-state index in [2.05, 4.69) is 5.32 Å². The number of carbonyl (C=O) groups excluding carboxylic acids is 2. The fourth-order valence-corrected chi connectivity index (χ4v) is 4.10. The number of piperidine rings is 1. The summed E-state index contributed by atoms with van der Waals surface area (Å²) in [4.78, 5) is 49.8. The molecule has 0 aliphatic carbocycles. The fraction of sp³-hybridized carbons (Fsp3) is 0.375. The molecule has 0 radical (unpaired) electrons. The second kappa shape index (κ2) is 11.9. The van der Waals surface area contributed by atoms with E-state index in [1.165, 1.54) is 27.8 Å². The number of likely N-dealkylation sites (tertiary alicyclic amines) is 1. The maximum atomic E-state index is 12.9. The predicted molar refractivity (Wildman–Crippen MR) is 120 cm³/mol. The molecule has 3 rings (SSSR count). The number of rotatable bonds is 9. The zero-order valence-corrected chi connectivity index (χ0v) is 18.9. The summed E-state index contributed by atoms with van der Waals surface area (Å²) in [7, 11) is 0. The minimum absolute atomic E-state index is 0.106. The van der Waals surface area contributed by atoms with Gasteiger partial charge in [0.15, 0.2) is 18.4 Å². The van der Waals surface area contributed by atoms with Gasteiger partial charge in [0.2, 0.25) is 0 Å². The van der Waals surface area contributed by atoms with E-state index in [4.69, 9.17) is 14.9 Å². The summed E-state index contributed by atoms with van der Waals surface area (Å²) in [5.41, 5.74) is 0.717. The van der Waals surface area contributed by atoms with E-state index in [0.29, 0.717) is 18.5 Å². The molecule has 1 aromatic carbocycles. The van der Waals surface area contributed by atoms with Crippen molar-refractivity contribution in [3.8, 4) is 0 Å². The second-order valence-electron chi connectivity index (χ2n) is 8.18. The van der Waals surface area contributed by atoms with Gasteiger partial charge < -0.3 is 30.3 Å². The van der Waals surface area contributed by atoms with Gasteiger partial charge in [-0.1, -0.05) is 30.3 Å². The van der Waals surface area contributed by atoms with Gasteiger partial charge in [0, 0.05) is 12.6 Å². The van der Waals surface area contributed by atoms with Gasteiger partial charge in [-0.3, -0.25) is 9.59 Å². The van der Waals surface area contributed by atoms with Gasteiger partial charge in [0.25, 0.3) is 12.6 Å². The van der Waals surface area contributed by atoms with Crippen molar-refractivity contribution in [2.24, 2.45) is 0 Å². The molecule has 11 nitrogen and oxygen atoms in total. The van der Waals surface area contributed by atoms with Crippen LogP contribution in [0, 0.1) is 0 Å². The molecule has 35 heavy (non-hydrogen) atoms. The van der Waals surface area contributed by atoms with Crippen LogP contribution in [0.1, 0.15) is 41.1 Å². The lowest BCUT2D eigenvalue weighted by molar-refractivity contribution is -0.727. The Balaban J connectivity index is 1.69. The number of aliphatic hydroxyl groups excluding tert-OH is 1. The molecule has 0 saturated carbocycles. The number of amides is 2. The number of nitrogens with one attached hydrogen (secondary N) is 1. The Morgan fingerprint density at radius 3 is 2.46 bits per heavy atom. The smallest absolute Gasteiger partial charge is 0.414 e. The third-order valence-corrected chi connectivity index (χ3v) is 5.84. The number of pyridine rings is 1. The highest BCUT2D eigenvalue weighted by Gasteiger charge is 2.38. The highest BCUT2D eigenvalue weighted by atomic mass is 16.6. The minimum atomic E-state index is -1.45. The molecule has 11 heteroatoms. The Morgan fingerprint density at radius 1 is 1.06 bits per heavy atom. The van der Waals surface area contributed by atoms with Crippen LogP contribution in [0.15, 0.2) is 54.9 Å². The zero-order valence-electron chi connectivity index (χ0n) is 18.9. The minimum Gasteiger partial charge on any atom is -0.481 e. The van der Waals surface area contributed by atoms with Crippen LogP contribution in [0.2, 0.25) is 0 Å². The zero-order chi connectivity index (χ0) is 25.4. The molecule has 2 aromatic rings. The average Bonchev–Trinajstić information content (AvgIpc) is 2.86. The first-order valence-electron chi connectivity index (χ1n) is 11.2. The molecule has 0 spiro atoms. The molecule has 3 atom stereocenters. The van der Waals surface area contributed by atoms with Gasteiger partial charge in [-0.05, 0) is 30.9 Å². The van der Waals surface area contributed by atoms with Crippen molar-refractivity contribution in [3.63, 3.8) is 0 Å². The van der Waals surface area contributed by atoms with E-state index in [0.717, 1.165) is 12.8 Å². The summed E-state index contributed by atoms with van der Waals surface area (Å²) in [5.74, 6) is -3.99. The van der Waals surface area contributed by atoms with Crippen molar-refractivity contribution in [3.05, 3.63) is 66.0 Å². The first kappa shape index (κ1) is 25.6. The molecule has 1 unspecified atom stereocenters. The molecule has 1 aliphatic heterocycles. The topological polar surface area (TPSA) is 157 Å². The number of aromatic nitrogens is 1. The van der Waals surface area contributed by atoms with Crippen LogP contribution in [0.4, 0.5) is 4.79 Å². The van der Waals surface area contributed by atoms with E-state index in [1.807, 2.05) is 0 Å². The van der Waals surface area contributed by atoms with Crippen LogP contribution < -0.4 is 9.88 Å². The number of aliphatic carboxylic acids is 2. The Kier molecular flexibility index (Phi) is 8.74. The standard InChI is InChI=1S/C24H27N3O8/c28-14-18(22(30)31)25-21(29)17-9-6-11-26(13-17)15-35-24(34)27-12-5-4-10-19(27)20(23(32)33)16-7-2-1-3-8-16/h1-3,6-9,11,13,18-20,28H,4-5,10,12,14-15H2,(H2-,25,29,30,31,32,33)/p+1/t18-,19?,20+/m0/s1. The van der Waals surface area contributed by atoms with E-state index in [1.54, 1.807) is 36.5 Å². The lowest BCUT2D eigenvalue weighted by Gasteiger charge is -2.38. The average molecular weight is 487 g/mol. The first-order valence-corrected chi connectivity index (χ1v) is 11.2. The van der Waals surface area contributed by atoms with E-state index >= 15 is 0 Å². The number of hydrogen-bond donors (Lipinski definition) is 4. The quantitative estimate of drug-likeness (QED) is 0.382. The van der Waals surface area contributed by atoms with Gasteiger partial charge in [-0.25, -0.2) is 9.59 Å². The molecule has 0 bridgehead atoms. The first-order chi connectivity index (χ1) is 16.8. The van der Waals surface area contributed by atoms with Crippen molar-refractivity contribution in [2.45, 2.75) is 44.0 Å². The SMILES string of the molecule is O=C(N[C@@H](CO)C(=O)O)c1ccc[n+](COC(=O)N2CCCCC2[C@H](C(=O)O)c2ccccc2)c1. The molecule has 1 aliphatic rings. The number of carboxylic acid groups (broad SMARTS) is 2. The van der Waals surface area contributed by atoms with Crippen molar-refractivity contribution in [1.82, 2.24) is 10.2 Å². The summed E-state index contributed by atoms with van der Waals surface area (Å²) in [6, 6.07) is 9.74. The fourth-order valence-electron chi connectivity index (χ4n) is 4.10. The number of nitrogens with zero attached hydrogens (tertiary/aromatic N) is 2. The van der Waals surface area contributed by atoms with Crippen molar-refractivity contribution >= 4 is 23.9 Å². The summed E-state index contributed by atoms with van der Waals surface area (Å²) >= 11 is 0. The second-order valence-corrected chi connectivity index (χ2v) is 8.18. The van der Waals surface area contributed by atoms with Crippen LogP contribution >= 0.6 is 0 Å². The number of benzene rings is 1. The van der Waals surface area contributed by atoms with Crippen molar-refractivity contribution in [2.75, 3.05) is 13.2 Å². The molecule has 4 N–H and O–H groups in total. The number of ether oxygens (including phenoxy) is 1. The number of carboxylic acids is 2. The van der Waals surface area contributed by atoms with Crippen molar-refractivity contribution in [1.29, 1.82) is 0 Å². The lowest BCUT2D eigenvalue weighted by atomic mass is 9.85. The summed E-state index contributed by atoms with van der Waals surface area (Å²) in [6.45, 7) is -0.636. The Bertz CT molecular complexity index is 1060. The van der Waals surface area contributed by atoms with Gasteiger partial charge >= 0.3 is 18.0 Å². The molecule has 2 amide bonds. The van der Waals surface area contributed by atoms with Crippen LogP contribution in [-0.2, 0) is 21.1 Å². The highest BCUT2D eigenvalue weighted by molar-refractivity contribution is 5.96. The number of aliphatic hydroxyl groups is 1. The Morgan fingerprint density at radius 2 is 1.80 bits per heavy atom. The Labute approximate surface area is 201 Å². The van der Waals surface area contributed by atoms with Crippen LogP contribution in [0.5, 0.6) is 0 Å². The molecular formula is C24H28N3O8+. The third kappa shape index (κ3) is 6.54. The van der Waals surface area contributed by atoms with Gasteiger partial charge in [0.05, 0.1) is 12.6 Å². The van der Waals surface area contributed by atoms with E-state index in [-0.39, 0.29) is 12.3 Å². The summed E-state index contributed by atoms with van der Waals surface area (Å²) in [6.07, 6.45) is 4.32. The van der Waals surface area contributed by atoms with Crippen LogP contribution in [-0.4, -0.2) is 69.4 Å². The summed E-state index contributed by atoms with van der Waals surface area (Å²) < 4.78 is 6.85. The highest BCUT2D eigenvalue weighted by Crippen LogP contribution is 2.31. The summed E-state index contributed by atoms with van der Waals surface area (Å²) in [5, 5.41) is 30.2.